The van der Waals surface area contributed by atoms with E-state index in [4.69, 9.17) is 0 Å². The Hall–Kier alpha value is -1.55. The lowest BCUT2D eigenvalue weighted by Gasteiger charge is -2.44. The van der Waals surface area contributed by atoms with Gasteiger partial charge in [-0.1, -0.05) is 12.1 Å². The van der Waals surface area contributed by atoms with Crippen molar-refractivity contribution in [3.8, 4) is 0 Å². The Kier molecular flexibility index (Phi) is 3.19. The highest BCUT2D eigenvalue weighted by molar-refractivity contribution is 5.94. The first-order valence-electron chi connectivity index (χ1n) is 7.00. The summed E-state index contributed by atoms with van der Waals surface area (Å²) in [6.07, 6.45) is 2.50. The first-order chi connectivity index (χ1) is 9.16. The molecule has 1 N–H and O–H groups in total. The lowest BCUT2D eigenvalue weighted by atomic mass is 10.0. The Morgan fingerprint density at radius 2 is 2.11 bits per heavy atom. The normalized spacial score (nSPS) is 27.3. The van der Waals surface area contributed by atoms with Crippen molar-refractivity contribution in [2.24, 2.45) is 0 Å². The van der Waals surface area contributed by atoms with Gasteiger partial charge in [-0.3, -0.25) is 4.90 Å². The molecule has 3 rings (SSSR count). The number of carboxylic acid groups (broad SMARTS) is 1. The number of carboxylic acids is 1. The molecule has 4 nitrogen and oxygen atoms in total. The molecule has 2 unspecified atom stereocenters. The molecule has 2 aliphatic rings. The van der Waals surface area contributed by atoms with Crippen molar-refractivity contribution in [2.75, 3.05) is 24.5 Å². The number of hydrogen-bond acceptors (Lipinski definition) is 3. The molecular weight excluding hydrogens is 240 g/mol. The number of hydrogen-bond donors (Lipinski definition) is 1. The number of benzene rings is 1. The second kappa shape index (κ2) is 4.85. The average molecular weight is 260 g/mol. The highest BCUT2D eigenvalue weighted by Gasteiger charge is 2.35. The third-order valence-electron chi connectivity index (χ3n) is 4.38. The summed E-state index contributed by atoms with van der Waals surface area (Å²) in [5.74, 6) is -0.836. The molecule has 102 valence electrons. The number of rotatable bonds is 2. The molecule has 2 saturated heterocycles. The molecule has 19 heavy (non-hydrogen) atoms. The monoisotopic (exact) mass is 260 g/mol. The Morgan fingerprint density at radius 3 is 2.89 bits per heavy atom. The van der Waals surface area contributed by atoms with Gasteiger partial charge in [0.05, 0.1) is 11.3 Å². The van der Waals surface area contributed by atoms with E-state index in [0.717, 1.165) is 18.8 Å². The zero-order valence-electron chi connectivity index (χ0n) is 11.2. The molecule has 4 heteroatoms. The summed E-state index contributed by atoms with van der Waals surface area (Å²) in [6, 6.07) is 8.32. The van der Waals surface area contributed by atoms with Crippen molar-refractivity contribution in [2.45, 2.75) is 31.8 Å². The van der Waals surface area contributed by atoms with Crippen LogP contribution in [0.3, 0.4) is 0 Å². The zero-order valence-corrected chi connectivity index (χ0v) is 11.2. The van der Waals surface area contributed by atoms with E-state index in [0.29, 0.717) is 17.6 Å². The largest absolute Gasteiger partial charge is 0.478 e. The van der Waals surface area contributed by atoms with Crippen LogP contribution < -0.4 is 4.90 Å². The van der Waals surface area contributed by atoms with Gasteiger partial charge >= 0.3 is 5.97 Å². The lowest BCUT2D eigenvalue weighted by molar-refractivity contribution is 0.0697. The van der Waals surface area contributed by atoms with Gasteiger partial charge in [-0.2, -0.15) is 0 Å². The number of fused-ring (bicyclic) bond motifs is 1. The van der Waals surface area contributed by atoms with E-state index >= 15 is 0 Å². The average Bonchev–Trinajstić information content (AvgIpc) is 2.84. The van der Waals surface area contributed by atoms with Crippen LogP contribution >= 0.6 is 0 Å². The van der Waals surface area contributed by atoms with Crippen LogP contribution in [0.15, 0.2) is 24.3 Å². The number of para-hydroxylation sites is 1. The molecule has 0 spiro atoms. The molecule has 0 aliphatic carbocycles. The Labute approximate surface area is 113 Å². The van der Waals surface area contributed by atoms with E-state index in [9.17, 15) is 9.90 Å². The Balaban J connectivity index is 1.91. The summed E-state index contributed by atoms with van der Waals surface area (Å²) in [6.45, 7) is 5.38. The molecule has 2 aliphatic heterocycles. The number of carbonyl (C=O) groups is 1. The predicted molar refractivity (Wildman–Crippen MR) is 74.8 cm³/mol. The van der Waals surface area contributed by atoms with Gasteiger partial charge in [0.15, 0.2) is 0 Å². The Bertz CT molecular complexity index is 489. The first-order valence-corrected chi connectivity index (χ1v) is 7.00. The van der Waals surface area contributed by atoms with Crippen molar-refractivity contribution >= 4 is 11.7 Å². The Morgan fingerprint density at radius 1 is 1.32 bits per heavy atom. The highest BCUT2D eigenvalue weighted by atomic mass is 16.4. The molecule has 0 radical (unpaired) electrons. The van der Waals surface area contributed by atoms with Crippen LogP contribution in [-0.2, 0) is 0 Å². The molecule has 2 heterocycles. The summed E-state index contributed by atoms with van der Waals surface area (Å²) < 4.78 is 0. The SMILES string of the molecule is CC1CN2CCCC2CN1c1ccccc1C(=O)O. The molecule has 1 aromatic rings. The van der Waals surface area contributed by atoms with Crippen LogP contribution in [0.2, 0.25) is 0 Å². The van der Waals surface area contributed by atoms with Crippen molar-refractivity contribution in [3.05, 3.63) is 29.8 Å². The smallest absolute Gasteiger partial charge is 0.337 e. The molecule has 2 fully saturated rings. The summed E-state index contributed by atoms with van der Waals surface area (Å²) >= 11 is 0. The van der Waals surface area contributed by atoms with Crippen LogP contribution in [0.25, 0.3) is 0 Å². The number of anilines is 1. The van der Waals surface area contributed by atoms with Crippen molar-refractivity contribution in [1.29, 1.82) is 0 Å². The van der Waals surface area contributed by atoms with Gasteiger partial charge in [0.25, 0.3) is 0 Å². The molecule has 0 aromatic heterocycles. The van der Waals surface area contributed by atoms with E-state index in [2.05, 4.69) is 16.7 Å². The van der Waals surface area contributed by atoms with Crippen LogP contribution in [-0.4, -0.2) is 47.7 Å². The zero-order chi connectivity index (χ0) is 13.4. The van der Waals surface area contributed by atoms with Gasteiger partial charge in [0.1, 0.15) is 0 Å². The number of piperazine rings is 1. The minimum atomic E-state index is -0.836. The van der Waals surface area contributed by atoms with Gasteiger partial charge in [0, 0.05) is 25.2 Å². The molecule has 0 bridgehead atoms. The minimum Gasteiger partial charge on any atom is -0.478 e. The van der Waals surface area contributed by atoms with E-state index in [1.54, 1.807) is 12.1 Å². The second-order valence-corrected chi connectivity index (χ2v) is 5.61. The molecular formula is C15H20N2O2. The summed E-state index contributed by atoms with van der Waals surface area (Å²) in [5.41, 5.74) is 1.29. The lowest BCUT2D eigenvalue weighted by Crippen LogP contribution is -2.55. The van der Waals surface area contributed by atoms with Crippen molar-refractivity contribution in [1.82, 2.24) is 4.90 Å². The number of nitrogens with zero attached hydrogens (tertiary/aromatic N) is 2. The molecule has 0 saturated carbocycles. The van der Waals surface area contributed by atoms with Crippen LogP contribution in [0.1, 0.15) is 30.1 Å². The summed E-state index contributed by atoms with van der Waals surface area (Å²) in [4.78, 5) is 16.2. The highest BCUT2D eigenvalue weighted by Crippen LogP contribution is 2.30. The van der Waals surface area contributed by atoms with Gasteiger partial charge in [0.2, 0.25) is 0 Å². The topological polar surface area (TPSA) is 43.8 Å². The maximum Gasteiger partial charge on any atom is 0.337 e. The molecule has 0 amide bonds. The van der Waals surface area contributed by atoms with Crippen LogP contribution in [0.4, 0.5) is 5.69 Å². The van der Waals surface area contributed by atoms with E-state index in [-0.39, 0.29) is 0 Å². The first kappa shape index (κ1) is 12.5. The fourth-order valence-electron chi connectivity index (χ4n) is 3.43. The van der Waals surface area contributed by atoms with E-state index in [1.807, 2.05) is 12.1 Å². The van der Waals surface area contributed by atoms with Gasteiger partial charge < -0.3 is 10.0 Å². The molecule has 1 aromatic carbocycles. The number of aromatic carboxylic acids is 1. The predicted octanol–water partition coefficient (Wildman–Crippen LogP) is 2.06. The molecule has 2 atom stereocenters. The van der Waals surface area contributed by atoms with Gasteiger partial charge in [-0.25, -0.2) is 4.79 Å². The standard InChI is InChI=1S/C15H20N2O2/c1-11-9-16-8-4-5-12(16)10-17(11)14-7-3-2-6-13(14)15(18)19/h2-3,6-7,11-12H,4-5,8-10H2,1H3,(H,18,19). The fraction of sp³-hybridized carbons (Fsp3) is 0.533. The quantitative estimate of drug-likeness (QED) is 0.884. The second-order valence-electron chi connectivity index (χ2n) is 5.61. The van der Waals surface area contributed by atoms with Crippen molar-refractivity contribution in [3.63, 3.8) is 0 Å². The summed E-state index contributed by atoms with van der Waals surface area (Å²) in [5, 5.41) is 9.33. The minimum absolute atomic E-state index is 0.370. The van der Waals surface area contributed by atoms with Gasteiger partial charge in [-0.15, -0.1) is 0 Å². The van der Waals surface area contributed by atoms with Gasteiger partial charge in [-0.05, 0) is 38.4 Å². The van der Waals surface area contributed by atoms with Crippen molar-refractivity contribution < 1.29 is 9.90 Å². The maximum absolute atomic E-state index is 11.4. The third-order valence-corrected chi connectivity index (χ3v) is 4.38. The van der Waals surface area contributed by atoms with E-state index in [1.165, 1.54) is 19.4 Å². The summed E-state index contributed by atoms with van der Waals surface area (Å²) in [7, 11) is 0. The third kappa shape index (κ3) is 2.21. The fourth-order valence-corrected chi connectivity index (χ4v) is 3.43. The van der Waals surface area contributed by atoms with E-state index < -0.39 is 5.97 Å². The van der Waals surface area contributed by atoms with Crippen LogP contribution in [0.5, 0.6) is 0 Å². The maximum atomic E-state index is 11.4. The van der Waals surface area contributed by atoms with Crippen LogP contribution in [0, 0.1) is 0 Å².